The molecule has 0 spiro atoms. The van der Waals surface area contributed by atoms with Gasteiger partial charge in [-0.25, -0.2) is 0 Å². The fourth-order valence-electron chi connectivity index (χ4n) is 3.84. The maximum Gasteiger partial charge on any atom is 0.238 e. The van der Waals surface area contributed by atoms with Gasteiger partial charge >= 0.3 is 0 Å². The summed E-state index contributed by atoms with van der Waals surface area (Å²) in [6.45, 7) is 4.77. The number of ether oxygens (including phenoxy) is 1. The first kappa shape index (κ1) is 24.2. The summed E-state index contributed by atoms with van der Waals surface area (Å²) in [6, 6.07) is 15.5. The molecule has 1 aliphatic heterocycles. The average molecular weight is 455 g/mol. The van der Waals surface area contributed by atoms with Crippen molar-refractivity contribution in [3.8, 4) is 5.75 Å². The van der Waals surface area contributed by atoms with Crippen LogP contribution in [0.25, 0.3) is 0 Å². The SMILES string of the molecule is CCCCCCCCC(=O)Nc1ccc([C@@H]2SCC(=O)N2c2ccc(OCC)cc2)cc1. The van der Waals surface area contributed by atoms with Gasteiger partial charge in [-0.3, -0.25) is 14.5 Å². The second-order valence-corrected chi connectivity index (χ2v) is 9.11. The number of nitrogens with zero attached hydrogens (tertiary/aromatic N) is 1. The minimum absolute atomic E-state index is 0.0645. The van der Waals surface area contributed by atoms with Crippen LogP contribution in [0.3, 0.4) is 0 Å². The zero-order valence-corrected chi connectivity index (χ0v) is 20.0. The summed E-state index contributed by atoms with van der Waals surface area (Å²) < 4.78 is 5.51. The van der Waals surface area contributed by atoms with E-state index in [4.69, 9.17) is 4.74 Å². The molecule has 3 rings (SSSR count). The second-order valence-electron chi connectivity index (χ2n) is 8.04. The lowest BCUT2D eigenvalue weighted by atomic mass is 10.1. The number of rotatable bonds is 12. The lowest BCUT2D eigenvalue weighted by Gasteiger charge is -2.24. The highest BCUT2D eigenvalue weighted by Gasteiger charge is 2.34. The Morgan fingerprint density at radius 2 is 1.69 bits per heavy atom. The first-order valence-electron chi connectivity index (χ1n) is 11.7. The van der Waals surface area contributed by atoms with Crippen LogP contribution < -0.4 is 15.0 Å². The van der Waals surface area contributed by atoms with Gasteiger partial charge in [0.2, 0.25) is 11.8 Å². The van der Waals surface area contributed by atoms with E-state index in [0.717, 1.165) is 35.5 Å². The quantitative estimate of drug-likeness (QED) is 0.369. The molecule has 2 aromatic carbocycles. The third-order valence-electron chi connectivity index (χ3n) is 5.53. The molecule has 1 fully saturated rings. The zero-order chi connectivity index (χ0) is 22.8. The van der Waals surface area contributed by atoms with Gasteiger partial charge in [-0.2, -0.15) is 0 Å². The maximum atomic E-state index is 12.6. The number of anilines is 2. The molecule has 0 bridgehead atoms. The number of nitrogens with one attached hydrogen (secondary N) is 1. The molecule has 32 heavy (non-hydrogen) atoms. The van der Waals surface area contributed by atoms with E-state index in [1.54, 1.807) is 11.8 Å². The van der Waals surface area contributed by atoms with Crippen LogP contribution in [-0.2, 0) is 9.59 Å². The van der Waals surface area contributed by atoms with Crippen LogP contribution in [0.5, 0.6) is 5.75 Å². The molecule has 2 aromatic rings. The first-order valence-corrected chi connectivity index (χ1v) is 12.7. The van der Waals surface area contributed by atoms with Gasteiger partial charge in [-0.1, -0.05) is 51.2 Å². The van der Waals surface area contributed by atoms with Crippen molar-refractivity contribution in [3.05, 3.63) is 54.1 Å². The Morgan fingerprint density at radius 3 is 2.38 bits per heavy atom. The van der Waals surface area contributed by atoms with Crippen molar-refractivity contribution >= 4 is 35.0 Å². The molecule has 1 aliphatic rings. The molecule has 0 saturated carbocycles. The van der Waals surface area contributed by atoms with Crippen LogP contribution in [0.15, 0.2) is 48.5 Å². The van der Waals surface area contributed by atoms with Crippen LogP contribution >= 0.6 is 11.8 Å². The van der Waals surface area contributed by atoms with Gasteiger partial charge in [0.05, 0.1) is 12.4 Å². The van der Waals surface area contributed by atoms with Crippen molar-refractivity contribution in [2.45, 2.75) is 64.2 Å². The number of unbranched alkanes of at least 4 members (excludes halogenated alkanes) is 5. The summed E-state index contributed by atoms with van der Waals surface area (Å²) in [5.74, 6) is 1.41. The summed E-state index contributed by atoms with van der Waals surface area (Å²) >= 11 is 1.62. The van der Waals surface area contributed by atoms with Crippen LogP contribution in [0.1, 0.15) is 69.7 Å². The number of benzene rings is 2. The van der Waals surface area contributed by atoms with E-state index in [9.17, 15) is 9.59 Å². The lowest BCUT2D eigenvalue weighted by Crippen LogP contribution is -2.27. The number of amides is 2. The van der Waals surface area contributed by atoms with Crippen LogP contribution in [0.2, 0.25) is 0 Å². The first-order chi connectivity index (χ1) is 15.6. The van der Waals surface area contributed by atoms with E-state index in [0.29, 0.717) is 18.8 Å². The fraction of sp³-hybridized carbons (Fsp3) is 0.462. The summed E-state index contributed by atoms with van der Waals surface area (Å²) in [5.41, 5.74) is 2.71. The highest BCUT2D eigenvalue weighted by Crippen LogP contribution is 2.42. The molecule has 0 unspecified atom stereocenters. The van der Waals surface area contributed by atoms with Crippen molar-refractivity contribution in [2.75, 3.05) is 22.6 Å². The van der Waals surface area contributed by atoms with Gasteiger partial charge in [0.1, 0.15) is 11.1 Å². The highest BCUT2D eigenvalue weighted by atomic mass is 32.2. The minimum Gasteiger partial charge on any atom is -0.494 e. The molecule has 2 amide bonds. The monoisotopic (exact) mass is 454 g/mol. The molecule has 6 heteroatoms. The van der Waals surface area contributed by atoms with E-state index in [-0.39, 0.29) is 17.2 Å². The third-order valence-corrected chi connectivity index (χ3v) is 6.74. The highest BCUT2D eigenvalue weighted by molar-refractivity contribution is 8.00. The number of thioether (sulfide) groups is 1. The molecular formula is C26H34N2O3S. The molecule has 1 saturated heterocycles. The Morgan fingerprint density at radius 1 is 1.00 bits per heavy atom. The largest absolute Gasteiger partial charge is 0.494 e. The predicted molar refractivity (Wildman–Crippen MR) is 133 cm³/mol. The normalized spacial score (nSPS) is 15.8. The molecule has 1 heterocycles. The van der Waals surface area contributed by atoms with Crippen LogP contribution in [0, 0.1) is 0 Å². The molecule has 0 aromatic heterocycles. The van der Waals surface area contributed by atoms with Gasteiger partial charge in [0.15, 0.2) is 0 Å². The summed E-state index contributed by atoms with van der Waals surface area (Å²) in [5, 5.41) is 2.92. The molecule has 5 nitrogen and oxygen atoms in total. The van der Waals surface area contributed by atoms with Crippen LogP contribution in [0.4, 0.5) is 11.4 Å². The Bertz CT molecular complexity index is 868. The minimum atomic E-state index is -0.0756. The standard InChI is InChI=1S/C26H34N2O3S/c1-3-5-6-7-8-9-10-24(29)27-21-13-11-20(12-14-21)26-28(25(30)19-32-26)22-15-17-23(18-16-22)31-4-2/h11-18,26H,3-10,19H2,1-2H3,(H,27,29)/t26-/m0/s1. The summed E-state index contributed by atoms with van der Waals surface area (Å²) in [7, 11) is 0. The number of carbonyl (C=O) groups excluding carboxylic acids is 2. The van der Waals surface area contributed by atoms with Crippen molar-refractivity contribution in [3.63, 3.8) is 0 Å². The molecule has 0 aliphatic carbocycles. The van der Waals surface area contributed by atoms with Gasteiger partial charge in [0.25, 0.3) is 0 Å². The summed E-state index contributed by atoms with van der Waals surface area (Å²) in [6.07, 6.45) is 7.59. The van der Waals surface area contributed by atoms with Gasteiger partial charge < -0.3 is 10.1 Å². The number of hydrogen-bond acceptors (Lipinski definition) is 4. The van der Waals surface area contributed by atoms with E-state index >= 15 is 0 Å². The fourth-order valence-corrected chi connectivity index (χ4v) is 5.02. The van der Waals surface area contributed by atoms with Crippen molar-refractivity contribution < 1.29 is 14.3 Å². The van der Waals surface area contributed by atoms with Gasteiger partial charge in [-0.15, -0.1) is 11.8 Å². The van der Waals surface area contributed by atoms with Crippen molar-refractivity contribution in [1.29, 1.82) is 0 Å². The van der Waals surface area contributed by atoms with Crippen molar-refractivity contribution in [2.24, 2.45) is 0 Å². The third kappa shape index (κ3) is 6.76. The van der Waals surface area contributed by atoms with E-state index in [2.05, 4.69) is 12.2 Å². The lowest BCUT2D eigenvalue weighted by molar-refractivity contribution is -0.116. The zero-order valence-electron chi connectivity index (χ0n) is 19.1. The van der Waals surface area contributed by atoms with Crippen LogP contribution in [-0.4, -0.2) is 24.2 Å². The molecule has 1 atom stereocenters. The van der Waals surface area contributed by atoms with Crippen molar-refractivity contribution in [1.82, 2.24) is 0 Å². The molecular weight excluding hydrogens is 420 g/mol. The van der Waals surface area contributed by atoms with Gasteiger partial charge in [-0.05, 0) is 55.3 Å². The smallest absolute Gasteiger partial charge is 0.238 e. The van der Waals surface area contributed by atoms with E-state index in [1.807, 2.05) is 60.4 Å². The Hall–Kier alpha value is -2.47. The Kier molecular flexibility index (Phi) is 9.47. The molecule has 172 valence electrons. The molecule has 0 radical (unpaired) electrons. The van der Waals surface area contributed by atoms with Gasteiger partial charge in [0, 0.05) is 17.8 Å². The Labute approximate surface area is 195 Å². The van der Waals surface area contributed by atoms with E-state index < -0.39 is 0 Å². The second kappa shape index (κ2) is 12.5. The molecule has 1 N–H and O–H groups in total. The number of hydrogen-bond donors (Lipinski definition) is 1. The predicted octanol–water partition coefficient (Wildman–Crippen LogP) is 6.55. The van der Waals surface area contributed by atoms with E-state index in [1.165, 1.54) is 25.7 Å². The number of carbonyl (C=O) groups is 2. The Balaban J connectivity index is 1.56. The average Bonchev–Trinajstić information content (AvgIpc) is 3.19. The maximum absolute atomic E-state index is 12.6. The topological polar surface area (TPSA) is 58.6 Å². The summed E-state index contributed by atoms with van der Waals surface area (Å²) in [4.78, 5) is 26.6.